The van der Waals surface area contributed by atoms with E-state index in [1.165, 1.54) is 31.8 Å². The summed E-state index contributed by atoms with van der Waals surface area (Å²) < 4.78 is 146. The number of likely N-dealkylation sites (N-methyl/N-ethyl adjacent to an activating group) is 1. The summed E-state index contributed by atoms with van der Waals surface area (Å²) in [5.74, 6) is -1.98. The number of hydroxylamine groups is 2. The molecule has 0 spiro atoms. The van der Waals surface area contributed by atoms with Crippen molar-refractivity contribution in [2.24, 2.45) is 0 Å². The second kappa shape index (κ2) is 21.1. The molecule has 396 valence electrons. The van der Waals surface area contributed by atoms with E-state index in [0.717, 1.165) is 12.1 Å². The first kappa shape index (κ1) is 56.8. The summed E-state index contributed by atoms with van der Waals surface area (Å²) >= 11 is 0. The third kappa shape index (κ3) is 11.5. The maximum Gasteiger partial charge on any atom is 0.333 e. The minimum Gasteiger partial charge on any atom is -0.744 e. The second-order valence-corrected chi connectivity index (χ2v) is 24.3. The van der Waals surface area contributed by atoms with Crippen molar-refractivity contribution in [1.82, 2.24) is 9.96 Å². The van der Waals surface area contributed by atoms with Crippen LogP contribution in [0.25, 0.3) is 21.5 Å². The molecule has 0 radical (unpaired) electrons. The van der Waals surface area contributed by atoms with Crippen LogP contribution >= 0.6 is 0 Å². The van der Waals surface area contributed by atoms with Crippen LogP contribution in [0.15, 0.2) is 92.0 Å². The molecule has 2 amide bonds. The van der Waals surface area contributed by atoms with E-state index in [1.54, 1.807) is 44.2 Å². The summed E-state index contributed by atoms with van der Waals surface area (Å²) in [5, 5.41) is 0.572. The SMILES string of the molecule is CCN(CC)CC.CCN1/C(=C\C=C\C2=[N+](CCCCCC(=O)ON3C(=O)CCC3=O)c3ccc4c(S(=O)(=O)[O-])cc(S(=O)(=O)[O-])cc4c3C2(C)C)C(C)(C)c2c1ccc1c(S(=O)(=O)O)cc(S(=O)(=O)O)cc21. The summed E-state index contributed by atoms with van der Waals surface area (Å²) in [6.07, 6.45) is 6.27. The highest BCUT2D eigenvalue weighted by Crippen LogP contribution is 2.52. The Balaban J connectivity index is 0.00000116. The predicted molar refractivity (Wildman–Crippen MR) is 269 cm³/mol. The van der Waals surface area contributed by atoms with E-state index < -0.39 is 88.7 Å². The number of carbonyl (C=O) groups excluding carboxylic acids is 3. The van der Waals surface area contributed by atoms with Crippen molar-refractivity contribution >= 4 is 96.9 Å². The largest absolute Gasteiger partial charge is 0.744 e. The number of fused-ring (bicyclic) bond motifs is 6. The molecule has 0 saturated carbocycles. The number of hydrogen-bond acceptors (Lipinski definition) is 16. The van der Waals surface area contributed by atoms with Crippen LogP contribution in [0.2, 0.25) is 0 Å². The number of anilines is 1. The molecule has 73 heavy (non-hydrogen) atoms. The van der Waals surface area contributed by atoms with Crippen molar-refractivity contribution in [2.45, 2.75) is 124 Å². The van der Waals surface area contributed by atoms with Crippen LogP contribution < -0.4 is 4.90 Å². The zero-order valence-corrected chi connectivity index (χ0v) is 44.9. The Morgan fingerprint density at radius 2 is 1.27 bits per heavy atom. The van der Waals surface area contributed by atoms with Gasteiger partial charge in [-0.2, -0.15) is 21.4 Å². The first-order valence-electron chi connectivity index (χ1n) is 23.5. The highest BCUT2D eigenvalue weighted by atomic mass is 32.2. The summed E-state index contributed by atoms with van der Waals surface area (Å²) in [5.41, 5.74) is 1.22. The van der Waals surface area contributed by atoms with Crippen molar-refractivity contribution in [3.63, 3.8) is 0 Å². The van der Waals surface area contributed by atoms with Gasteiger partial charge in [-0.3, -0.25) is 18.7 Å². The van der Waals surface area contributed by atoms with Gasteiger partial charge < -0.3 is 23.7 Å². The van der Waals surface area contributed by atoms with Gasteiger partial charge in [-0.25, -0.2) is 21.6 Å². The van der Waals surface area contributed by atoms with Gasteiger partial charge in [0.15, 0.2) is 5.71 Å². The van der Waals surface area contributed by atoms with Crippen molar-refractivity contribution in [1.29, 1.82) is 0 Å². The van der Waals surface area contributed by atoms with Gasteiger partial charge in [-0.05, 0) is 112 Å². The minimum atomic E-state index is -5.30. The number of benzene rings is 4. The molecule has 4 aromatic carbocycles. The molecule has 0 atom stereocenters. The van der Waals surface area contributed by atoms with E-state index in [0.29, 0.717) is 76.9 Å². The van der Waals surface area contributed by atoms with Gasteiger partial charge in [-0.1, -0.05) is 46.8 Å². The molecule has 3 aliphatic heterocycles. The van der Waals surface area contributed by atoms with E-state index in [4.69, 9.17) is 4.84 Å². The van der Waals surface area contributed by atoms with E-state index in [9.17, 15) is 66.3 Å². The zero-order chi connectivity index (χ0) is 54.4. The number of amides is 2. The zero-order valence-electron chi connectivity index (χ0n) is 41.7. The summed E-state index contributed by atoms with van der Waals surface area (Å²) in [4.78, 5) is 42.3. The summed E-state index contributed by atoms with van der Waals surface area (Å²) in [7, 11) is -20.5. The van der Waals surface area contributed by atoms with Crippen LogP contribution in [-0.4, -0.2) is 123 Å². The highest BCUT2D eigenvalue weighted by molar-refractivity contribution is 7.87. The molecular weight excluding hydrogens is 1030 g/mol. The monoisotopic (exact) mass is 1090 g/mol. The third-order valence-electron chi connectivity index (χ3n) is 13.6. The lowest BCUT2D eigenvalue weighted by molar-refractivity contribution is -0.438. The van der Waals surface area contributed by atoms with Gasteiger partial charge in [0, 0.05) is 77.5 Å². The van der Waals surface area contributed by atoms with Crippen LogP contribution in [0.3, 0.4) is 0 Å². The minimum absolute atomic E-state index is 0.0167. The van der Waals surface area contributed by atoms with E-state index in [1.807, 2.05) is 30.2 Å². The Morgan fingerprint density at radius 1 is 0.712 bits per heavy atom. The normalized spacial score (nSPS) is 17.4. The van der Waals surface area contributed by atoms with E-state index in [2.05, 4.69) is 25.7 Å². The fraction of sp³-hybridized carbons (Fsp3) is 0.429. The maximum atomic E-state index is 12.5. The van der Waals surface area contributed by atoms with Crippen LogP contribution in [-0.2, 0) is 70.5 Å². The lowest BCUT2D eigenvalue weighted by atomic mass is 9.78. The predicted octanol–water partition coefficient (Wildman–Crippen LogP) is 6.44. The fourth-order valence-electron chi connectivity index (χ4n) is 10.00. The molecule has 2 N–H and O–H groups in total. The first-order chi connectivity index (χ1) is 33.8. The molecule has 0 unspecified atom stereocenters. The van der Waals surface area contributed by atoms with Gasteiger partial charge in [0.25, 0.3) is 32.1 Å². The molecule has 7 rings (SSSR count). The Hall–Kier alpha value is -5.44. The van der Waals surface area contributed by atoms with Gasteiger partial charge in [-0.15, -0.1) is 5.06 Å². The van der Waals surface area contributed by atoms with Crippen molar-refractivity contribution in [3.05, 3.63) is 83.6 Å². The molecule has 1 fully saturated rings. The molecule has 0 aliphatic carbocycles. The number of carbonyl (C=O) groups is 3. The molecular formula is C49H59N4O16S4-. The molecule has 3 heterocycles. The van der Waals surface area contributed by atoms with Crippen molar-refractivity contribution in [2.75, 3.05) is 37.6 Å². The number of allylic oxidation sites excluding steroid dienone is 4. The number of unbranched alkanes of at least 4 members (excludes halogenated alkanes) is 2. The smallest absolute Gasteiger partial charge is 0.333 e. The molecule has 0 bridgehead atoms. The standard InChI is InChI=1S/C43H45N3O16S4.C6H15N/c1-6-44-31-16-14-27-29(21-25(63(50,51)52)23-33(27)65(56,57)58)40(31)42(2,3)35(44)11-10-12-36-43(4,5)41-30-22-26(64(53,54)55)24-34(66(59,60)61)28(30)15-17-32(41)45(36)20-9-7-8-13-39(49)62-46-37(47)18-19-38(46)48;1-4-7(5-2)6-3/h10-12,14-17,21-24H,6-9,13,18-20H2,1-5H3,(H3-,50,51,52,53,54,55,56,57,58,59,60,61);4-6H2,1-3H3/p-1. The van der Waals surface area contributed by atoms with Crippen molar-refractivity contribution in [3.8, 4) is 0 Å². The van der Waals surface area contributed by atoms with Crippen LogP contribution in [0, 0.1) is 0 Å². The second-order valence-electron chi connectivity index (χ2n) is 18.7. The Labute approximate surface area is 425 Å². The summed E-state index contributed by atoms with van der Waals surface area (Å²) in [6.45, 7) is 19.9. The quantitative estimate of drug-likeness (QED) is 0.0497. The van der Waals surface area contributed by atoms with Crippen molar-refractivity contribution < 1.29 is 75.7 Å². The highest BCUT2D eigenvalue weighted by Gasteiger charge is 2.46. The molecule has 20 nitrogen and oxygen atoms in total. The molecule has 1 saturated heterocycles. The number of nitrogens with zero attached hydrogens (tertiary/aromatic N) is 4. The lowest BCUT2D eigenvalue weighted by Gasteiger charge is -2.26. The Kier molecular flexibility index (Phi) is 16.4. The fourth-order valence-corrected chi connectivity index (χ4v) is 12.7. The topological polar surface area (TPSA) is 296 Å². The number of rotatable bonds is 17. The molecule has 24 heteroatoms. The lowest BCUT2D eigenvalue weighted by Crippen LogP contribution is -2.31. The third-order valence-corrected chi connectivity index (χ3v) is 17.0. The molecule has 3 aliphatic rings. The summed E-state index contributed by atoms with van der Waals surface area (Å²) in [6, 6.07) is 9.45. The van der Waals surface area contributed by atoms with Gasteiger partial charge in [0.05, 0.1) is 20.1 Å². The average molecular weight is 1090 g/mol. The Bertz CT molecular complexity index is 3470. The van der Waals surface area contributed by atoms with E-state index in [-0.39, 0.29) is 47.4 Å². The van der Waals surface area contributed by atoms with Gasteiger partial charge >= 0.3 is 5.97 Å². The van der Waals surface area contributed by atoms with Crippen LogP contribution in [0.4, 0.5) is 11.4 Å². The number of imide groups is 1. The first-order valence-corrected chi connectivity index (χ1v) is 29.2. The van der Waals surface area contributed by atoms with Crippen LogP contribution in [0.1, 0.15) is 105 Å². The van der Waals surface area contributed by atoms with Crippen LogP contribution in [0.5, 0.6) is 0 Å². The maximum absolute atomic E-state index is 12.5. The molecule has 0 aromatic heterocycles. The Morgan fingerprint density at radius 3 is 1.81 bits per heavy atom. The average Bonchev–Trinajstić information content (AvgIpc) is 3.82. The van der Waals surface area contributed by atoms with E-state index >= 15 is 0 Å². The number of hydrogen-bond donors (Lipinski definition) is 2. The molecule has 4 aromatic rings. The van der Waals surface area contributed by atoms with Gasteiger partial charge in [0.2, 0.25) is 5.69 Å². The van der Waals surface area contributed by atoms with Gasteiger partial charge in [0.1, 0.15) is 31.7 Å².